The number of hydrogen-bond donors (Lipinski definition) is 0. The average Bonchev–Trinajstić information content (AvgIpc) is 2.39. The van der Waals surface area contributed by atoms with Crippen LogP contribution >= 0.6 is 0 Å². The predicted molar refractivity (Wildman–Crippen MR) is 59.1 cm³/mol. The summed E-state index contributed by atoms with van der Waals surface area (Å²) in [4.78, 5) is 4.18. The molecule has 0 fully saturated rings. The fourth-order valence-corrected chi connectivity index (χ4v) is 1.37. The highest BCUT2D eigenvalue weighted by Gasteiger charge is 2.00. The third kappa shape index (κ3) is 1.89. The van der Waals surface area contributed by atoms with Crippen molar-refractivity contribution in [1.82, 2.24) is 4.98 Å². The van der Waals surface area contributed by atoms with E-state index in [1.807, 2.05) is 12.1 Å². The van der Waals surface area contributed by atoms with Crippen molar-refractivity contribution in [2.24, 2.45) is 0 Å². The summed E-state index contributed by atoms with van der Waals surface area (Å²) in [5.41, 5.74) is 2.83. The van der Waals surface area contributed by atoms with Crippen LogP contribution in [-0.4, -0.2) is 4.98 Å². The maximum absolute atomic E-state index is 8.77. The number of nitrogens with zero attached hydrogens (tertiary/aromatic N) is 3. The van der Waals surface area contributed by atoms with E-state index in [9.17, 15) is 0 Å². The number of pyridine rings is 1. The van der Waals surface area contributed by atoms with Crippen molar-refractivity contribution in [2.75, 3.05) is 0 Å². The molecular weight excluding hydrogens is 198 g/mol. The van der Waals surface area contributed by atoms with Gasteiger partial charge in [0, 0.05) is 11.8 Å². The SMILES string of the molecule is N#Cc1ccc(-c2cc(C#N)ccn2)cc1. The minimum atomic E-state index is 0.578. The van der Waals surface area contributed by atoms with Gasteiger partial charge in [0.05, 0.1) is 29.0 Å². The minimum Gasteiger partial charge on any atom is -0.256 e. The lowest BCUT2D eigenvalue weighted by molar-refractivity contribution is 1.31. The second kappa shape index (κ2) is 4.25. The molecule has 0 atom stereocenters. The quantitative estimate of drug-likeness (QED) is 0.718. The van der Waals surface area contributed by atoms with Crippen molar-refractivity contribution in [3.8, 4) is 23.4 Å². The molecule has 0 spiro atoms. The Balaban J connectivity index is 2.44. The summed E-state index contributed by atoms with van der Waals surface area (Å²) in [7, 11) is 0. The molecule has 1 aromatic heterocycles. The monoisotopic (exact) mass is 205 g/mol. The highest BCUT2D eigenvalue weighted by Crippen LogP contribution is 2.17. The molecule has 3 heteroatoms. The van der Waals surface area contributed by atoms with Gasteiger partial charge in [-0.25, -0.2) is 0 Å². The zero-order valence-corrected chi connectivity index (χ0v) is 8.38. The lowest BCUT2D eigenvalue weighted by Crippen LogP contribution is -1.85. The minimum absolute atomic E-state index is 0.578. The van der Waals surface area contributed by atoms with E-state index in [2.05, 4.69) is 17.1 Å². The molecule has 16 heavy (non-hydrogen) atoms. The predicted octanol–water partition coefficient (Wildman–Crippen LogP) is 2.49. The number of benzene rings is 1. The molecule has 1 heterocycles. The van der Waals surface area contributed by atoms with E-state index in [1.165, 1.54) is 0 Å². The zero-order valence-electron chi connectivity index (χ0n) is 8.38. The van der Waals surface area contributed by atoms with E-state index in [1.54, 1.807) is 30.5 Å². The van der Waals surface area contributed by atoms with Gasteiger partial charge in [-0.1, -0.05) is 12.1 Å². The van der Waals surface area contributed by atoms with Gasteiger partial charge in [0.15, 0.2) is 0 Å². The van der Waals surface area contributed by atoms with Crippen molar-refractivity contribution in [3.05, 3.63) is 53.7 Å². The van der Waals surface area contributed by atoms with Crippen LogP contribution in [-0.2, 0) is 0 Å². The second-order valence-corrected chi connectivity index (χ2v) is 3.23. The van der Waals surface area contributed by atoms with Crippen molar-refractivity contribution in [3.63, 3.8) is 0 Å². The molecule has 0 aliphatic rings. The molecule has 0 saturated heterocycles. The number of hydrogen-bond acceptors (Lipinski definition) is 3. The number of nitriles is 2. The summed E-state index contributed by atoms with van der Waals surface area (Å²) in [5.74, 6) is 0. The van der Waals surface area contributed by atoms with Crippen LogP contribution in [0, 0.1) is 22.7 Å². The van der Waals surface area contributed by atoms with Crippen LogP contribution in [0.3, 0.4) is 0 Å². The van der Waals surface area contributed by atoms with E-state index in [4.69, 9.17) is 10.5 Å². The Morgan fingerprint density at radius 3 is 2.19 bits per heavy atom. The lowest BCUT2D eigenvalue weighted by atomic mass is 10.1. The summed E-state index contributed by atoms with van der Waals surface area (Å²) in [5, 5.41) is 17.4. The Morgan fingerprint density at radius 2 is 1.56 bits per heavy atom. The topological polar surface area (TPSA) is 60.5 Å². The maximum Gasteiger partial charge on any atom is 0.0992 e. The molecule has 0 aliphatic heterocycles. The van der Waals surface area contributed by atoms with Gasteiger partial charge in [-0.15, -0.1) is 0 Å². The molecule has 74 valence electrons. The van der Waals surface area contributed by atoms with E-state index >= 15 is 0 Å². The Labute approximate surface area is 93.2 Å². The van der Waals surface area contributed by atoms with Crippen LogP contribution in [0.4, 0.5) is 0 Å². The third-order valence-corrected chi connectivity index (χ3v) is 2.20. The van der Waals surface area contributed by atoms with Gasteiger partial charge in [-0.05, 0) is 24.3 Å². The smallest absolute Gasteiger partial charge is 0.0992 e. The molecular formula is C13H7N3. The average molecular weight is 205 g/mol. The van der Waals surface area contributed by atoms with Crippen molar-refractivity contribution in [1.29, 1.82) is 10.5 Å². The van der Waals surface area contributed by atoms with Crippen molar-refractivity contribution in [2.45, 2.75) is 0 Å². The summed E-state index contributed by atoms with van der Waals surface area (Å²) in [6, 6.07) is 14.6. The Bertz CT molecular complexity index is 586. The van der Waals surface area contributed by atoms with Crippen molar-refractivity contribution < 1.29 is 0 Å². The van der Waals surface area contributed by atoms with Gasteiger partial charge >= 0.3 is 0 Å². The molecule has 0 saturated carbocycles. The van der Waals surface area contributed by atoms with Gasteiger partial charge in [-0.3, -0.25) is 4.98 Å². The van der Waals surface area contributed by atoms with Crippen LogP contribution in [0.2, 0.25) is 0 Å². The molecule has 2 aromatic rings. The highest BCUT2D eigenvalue weighted by molar-refractivity contribution is 5.61. The number of aromatic nitrogens is 1. The zero-order chi connectivity index (χ0) is 11.4. The Morgan fingerprint density at radius 1 is 0.875 bits per heavy atom. The van der Waals surface area contributed by atoms with E-state index < -0.39 is 0 Å². The van der Waals surface area contributed by atoms with Crippen molar-refractivity contribution >= 4 is 0 Å². The first kappa shape index (κ1) is 9.89. The van der Waals surface area contributed by atoms with Crippen LogP contribution in [0.15, 0.2) is 42.6 Å². The highest BCUT2D eigenvalue weighted by atomic mass is 14.7. The molecule has 1 aromatic carbocycles. The van der Waals surface area contributed by atoms with Crippen LogP contribution in [0.1, 0.15) is 11.1 Å². The Hall–Kier alpha value is -2.65. The van der Waals surface area contributed by atoms with Gasteiger partial charge in [0.2, 0.25) is 0 Å². The van der Waals surface area contributed by atoms with E-state index in [-0.39, 0.29) is 0 Å². The van der Waals surface area contributed by atoms with E-state index in [0.717, 1.165) is 11.3 Å². The first-order chi connectivity index (χ1) is 7.83. The molecule has 0 amide bonds. The Kier molecular flexibility index (Phi) is 2.63. The summed E-state index contributed by atoms with van der Waals surface area (Å²) in [6.07, 6.45) is 1.60. The summed E-state index contributed by atoms with van der Waals surface area (Å²) < 4.78 is 0. The normalized spacial score (nSPS) is 9.12. The van der Waals surface area contributed by atoms with E-state index in [0.29, 0.717) is 11.1 Å². The van der Waals surface area contributed by atoms with Crippen LogP contribution in [0.25, 0.3) is 11.3 Å². The standard InChI is InChI=1S/C13H7N3/c14-8-10-1-3-12(4-2-10)13-7-11(9-15)5-6-16-13/h1-7H. The summed E-state index contributed by atoms with van der Waals surface area (Å²) >= 11 is 0. The third-order valence-electron chi connectivity index (χ3n) is 2.20. The van der Waals surface area contributed by atoms with Gasteiger partial charge in [0.25, 0.3) is 0 Å². The molecule has 0 N–H and O–H groups in total. The second-order valence-electron chi connectivity index (χ2n) is 3.23. The molecule has 0 aliphatic carbocycles. The molecule has 0 bridgehead atoms. The maximum atomic E-state index is 8.77. The molecule has 2 rings (SSSR count). The summed E-state index contributed by atoms with van der Waals surface area (Å²) in [6.45, 7) is 0. The first-order valence-corrected chi connectivity index (χ1v) is 4.70. The van der Waals surface area contributed by atoms with Gasteiger partial charge < -0.3 is 0 Å². The largest absolute Gasteiger partial charge is 0.256 e. The first-order valence-electron chi connectivity index (χ1n) is 4.70. The van der Waals surface area contributed by atoms with Crippen LogP contribution < -0.4 is 0 Å². The fourth-order valence-electron chi connectivity index (χ4n) is 1.37. The molecule has 0 unspecified atom stereocenters. The number of rotatable bonds is 1. The lowest BCUT2D eigenvalue weighted by Gasteiger charge is -2.00. The van der Waals surface area contributed by atoms with Crippen LogP contribution in [0.5, 0.6) is 0 Å². The van der Waals surface area contributed by atoms with Gasteiger partial charge in [0.1, 0.15) is 0 Å². The molecule has 0 radical (unpaired) electrons. The fraction of sp³-hybridized carbons (Fsp3) is 0. The van der Waals surface area contributed by atoms with Gasteiger partial charge in [-0.2, -0.15) is 10.5 Å². The molecule has 3 nitrogen and oxygen atoms in total.